The number of hydrogen-bond acceptors (Lipinski definition) is 2. The van der Waals surface area contributed by atoms with E-state index in [0.29, 0.717) is 5.02 Å². The number of hydrogen-bond donors (Lipinski definition) is 1. The van der Waals surface area contributed by atoms with Crippen LogP contribution in [0.25, 0.3) is 0 Å². The summed E-state index contributed by atoms with van der Waals surface area (Å²) in [4.78, 5) is 2.16. The summed E-state index contributed by atoms with van der Waals surface area (Å²) in [5.41, 5.74) is 2.09. The highest BCUT2D eigenvalue weighted by atomic mass is 35.5. The Kier molecular flexibility index (Phi) is 4.33. The van der Waals surface area contributed by atoms with Gasteiger partial charge in [-0.1, -0.05) is 47.1 Å². The minimum atomic E-state index is -0.485. The van der Waals surface area contributed by atoms with Crippen molar-refractivity contribution in [3.05, 3.63) is 58.6 Å². The van der Waals surface area contributed by atoms with Gasteiger partial charge in [0.15, 0.2) is 0 Å². The van der Waals surface area contributed by atoms with Crippen LogP contribution >= 0.6 is 23.4 Å². The monoisotopic (exact) mass is 278 g/mol. The van der Waals surface area contributed by atoms with Gasteiger partial charge in [0.05, 0.1) is 11.1 Å². The number of aliphatic hydroxyl groups excluding tert-OH is 1. The average Bonchev–Trinajstić information content (AvgIpc) is 2.34. The molecule has 1 N–H and O–H groups in total. The van der Waals surface area contributed by atoms with Crippen LogP contribution in [0.15, 0.2) is 52.3 Å². The SMILES string of the molecule is Cc1ccc(Sc2ccc([C@H](C)O)cc2Cl)cc1. The number of aryl methyl sites for hydroxylation is 1. The van der Waals surface area contributed by atoms with Crippen LogP contribution in [0.4, 0.5) is 0 Å². The van der Waals surface area contributed by atoms with Gasteiger partial charge < -0.3 is 5.11 Å². The maximum Gasteiger partial charge on any atom is 0.0762 e. The van der Waals surface area contributed by atoms with Gasteiger partial charge in [-0.05, 0) is 43.7 Å². The Balaban J connectivity index is 2.22. The van der Waals surface area contributed by atoms with E-state index in [-0.39, 0.29) is 0 Å². The van der Waals surface area contributed by atoms with Crippen LogP contribution in [0, 0.1) is 6.92 Å². The molecule has 2 aromatic carbocycles. The smallest absolute Gasteiger partial charge is 0.0762 e. The molecular formula is C15H15ClOS. The third-order valence-corrected chi connectivity index (χ3v) is 4.20. The van der Waals surface area contributed by atoms with Gasteiger partial charge in [-0.2, -0.15) is 0 Å². The molecule has 0 spiro atoms. The van der Waals surface area contributed by atoms with Crippen molar-refractivity contribution in [3.8, 4) is 0 Å². The average molecular weight is 279 g/mol. The first-order valence-corrected chi connectivity index (χ1v) is 6.98. The quantitative estimate of drug-likeness (QED) is 0.866. The first kappa shape index (κ1) is 13.5. The van der Waals surface area contributed by atoms with Crippen molar-refractivity contribution in [2.24, 2.45) is 0 Å². The van der Waals surface area contributed by atoms with Gasteiger partial charge in [0.2, 0.25) is 0 Å². The maximum atomic E-state index is 9.49. The van der Waals surface area contributed by atoms with Crippen LogP contribution in [0.2, 0.25) is 5.02 Å². The van der Waals surface area contributed by atoms with Gasteiger partial charge in [-0.25, -0.2) is 0 Å². The van der Waals surface area contributed by atoms with Crippen molar-refractivity contribution >= 4 is 23.4 Å². The second kappa shape index (κ2) is 5.79. The Morgan fingerprint density at radius 2 is 1.78 bits per heavy atom. The fourth-order valence-electron chi connectivity index (χ4n) is 1.59. The van der Waals surface area contributed by atoms with Gasteiger partial charge in [-0.15, -0.1) is 0 Å². The van der Waals surface area contributed by atoms with Crippen LogP contribution < -0.4 is 0 Å². The minimum absolute atomic E-state index is 0.485. The van der Waals surface area contributed by atoms with Crippen LogP contribution in [0.3, 0.4) is 0 Å². The van der Waals surface area contributed by atoms with Crippen molar-refractivity contribution in [3.63, 3.8) is 0 Å². The predicted molar refractivity (Wildman–Crippen MR) is 77.4 cm³/mol. The van der Waals surface area contributed by atoms with E-state index in [1.54, 1.807) is 18.7 Å². The molecule has 1 atom stereocenters. The summed E-state index contributed by atoms with van der Waals surface area (Å²) in [5, 5.41) is 10.2. The zero-order chi connectivity index (χ0) is 13.1. The number of aliphatic hydroxyl groups is 1. The second-order valence-corrected chi connectivity index (χ2v) is 5.80. The molecule has 0 bridgehead atoms. The Morgan fingerprint density at radius 3 is 2.33 bits per heavy atom. The summed E-state index contributed by atoms with van der Waals surface area (Å²) in [7, 11) is 0. The van der Waals surface area contributed by atoms with Gasteiger partial charge in [0.1, 0.15) is 0 Å². The van der Waals surface area contributed by atoms with Crippen molar-refractivity contribution in [1.29, 1.82) is 0 Å². The van der Waals surface area contributed by atoms with E-state index in [1.165, 1.54) is 5.56 Å². The summed E-state index contributed by atoms with van der Waals surface area (Å²) in [6.45, 7) is 3.80. The minimum Gasteiger partial charge on any atom is -0.389 e. The van der Waals surface area contributed by atoms with Crippen molar-refractivity contribution < 1.29 is 5.11 Å². The van der Waals surface area contributed by atoms with Gasteiger partial charge >= 0.3 is 0 Å². The second-order valence-electron chi connectivity index (χ2n) is 4.28. The molecule has 0 saturated heterocycles. The fourth-order valence-corrected chi connectivity index (χ4v) is 2.72. The lowest BCUT2D eigenvalue weighted by Crippen LogP contribution is -1.90. The molecule has 0 amide bonds. The Morgan fingerprint density at radius 1 is 1.11 bits per heavy atom. The summed E-state index contributed by atoms with van der Waals surface area (Å²) in [6, 6.07) is 14.0. The summed E-state index contributed by atoms with van der Waals surface area (Å²) in [5.74, 6) is 0. The normalized spacial score (nSPS) is 12.4. The lowest BCUT2D eigenvalue weighted by Gasteiger charge is -2.09. The van der Waals surface area contributed by atoms with Crippen LogP contribution in [0.5, 0.6) is 0 Å². The Hall–Kier alpha value is -0.960. The third-order valence-electron chi connectivity index (χ3n) is 2.69. The molecule has 2 aromatic rings. The van der Waals surface area contributed by atoms with Gasteiger partial charge in [0.25, 0.3) is 0 Å². The van der Waals surface area contributed by atoms with Crippen molar-refractivity contribution in [1.82, 2.24) is 0 Å². The molecule has 0 unspecified atom stereocenters. The molecule has 0 fully saturated rings. The van der Waals surface area contributed by atoms with E-state index in [1.807, 2.05) is 18.2 Å². The Bertz CT molecular complexity index is 535. The Labute approximate surface area is 117 Å². The van der Waals surface area contributed by atoms with Crippen molar-refractivity contribution in [2.75, 3.05) is 0 Å². The van der Waals surface area contributed by atoms with E-state index in [2.05, 4.69) is 31.2 Å². The van der Waals surface area contributed by atoms with E-state index in [0.717, 1.165) is 15.4 Å². The number of halogens is 1. The first-order valence-electron chi connectivity index (χ1n) is 5.78. The number of rotatable bonds is 3. The molecule has 2 rings (SSSR count). The molecule has 0 heterocycles. The zero-order valence-corrected chi connectivity index (χ0v) is 11.9. The molecule has 1 nitrogen and oxygen atoms in total. The topological polar surface area (TPSA) is 20.2 Å². The highest BCUT2D eigenvalue weighted by Gasteiger charge is 2.07. The molecule has 0 aliphatic carbocycles. The standard InChI is InChI=1S/C15H15ClOS/c1-10-3-6-13(7-4-10)18-15-8-5-12(11(2)17)9-14(15)16/h3-9,11,17H,1-2H3/t11-/m0/s1. The van der Waals surface area contributed by atoms with Gasteiger partial charge in [-0.3, -0.25) is 0 Å². The molecule has 18 heavy (non-hydrogen) atoms. The molecule has 3 heteroatoms. The highest BCUT2D eigenvalue weighted by molar-refractivity contribution is 7.99. The molecule has 0 aliphatic heterocycles. The molecule has 94 valence electrons. The lowest BCUT2D eigenvalue weighted by atomic mass is 10.1. The zero-order valence-electron chi connectivity index (χ0n) is 10.4. The predicted octanol–water partition coefficient (Wildman–Crippen LogP) is 4.85. The van der Waals surface area contributed by atoms with E-state index >= 15 is 0 Å². The summed E-state index contributed by atoms with van der Waals surface area (Å²) < 4.78 is 0. The fraction of sp³-hybridized carbons (Fsp3) is 0.200. The summed E-state index contributed by atoms with van der Waals surface area (Å²) in [6.07, 6.45) is -0.485. The third kappa shape index (κ3) is 3.29. The van der Waals surface area contributed by atoms with E-state index in [9.17, 15) is 5.11 Å². The lowest BCUT2D eigenvalue weighted by molar-refractivity contribution is 0.199. The van der Waals surface area contributed by atoms with Crippen LogP contribution in [0.1, 0.15) is 24.2 Å². The molecule has 0 radical (unpaired) electrons. The largest absolute Gasteiger partial charge is 0.389 e. The highest BCUT2D eigenvalue weighted by Crippen LogP contribution is 2.34. The number of benzene rings is 2. The maximum absolute atomic E-state index is 9.49. The van der Waals surface area contributed by atoms with Crippen LogP contribution in [-0.4, -0.2) is 5.11 Å². The van der Waals surface area contributed by atoms with Gasteiger partial charge in [0, 0.05) is 9.79 Å². The van der Waals surface area contributed by atoms with E-state index < -0.39 is 6.10 Å². The molecule has 0 aromatic heterocycles. The van der Waals surface area contributed by atoms with Crippen LogP contribution in [-0.2, 0) is 0 Å². The molecular weight excluding hydrogens is 264 g/mol. The molecule has 0 saturated carbocycles. The van der Waals surface area contributed by atoms with E-state index in [4.69, 9.17) is 11.6 Å². The first-order chi connectivity index (χ1) is 8.56. The summed E-state index contributed by atoms with van der Waals surface area (Å²) >= 11 is 7.85. The van der Waals surface area contributed by atoms with Crippen molar-refractivity contribution in [2.45, 2.75) is 29.7 Å². The molecule has 0 aliphatic rings.